The molecular weight excluding hydrogens is 312 g/mol. The van der Waals surface area contributed by atoms with E-state index < -0.39 is 5.97 Å². The van der Waals surface area contributed by atoms with Gasteiger partial charge in [-0.1, -0.05) is 0 Å². The normalized spacial score (nSPS) is 13.7. The SMILES string of the molecule is COCC(=O)N(CC(=O)c1c(C)c(C(=O)OC)n(C)c1C)C1CC1. The lowest BCUT2D eigenvalue weighted by molar-refractivity contribution is -0.135. The molecule has 1 heterocycles. The minimum absolute atomic E-state index is 0.000827. The number of aromatic nitrogens is 1. The highest BCUT2D eigenvalue weighted by atomic mass is 16.5. The summed E-state index contributed by atoms with van der Waals surface area (Å²) in [6, 6.07) is 0.112. The highest BCUT2D eigenvalue weighted by molar-refractivity contribution is 6.04. The Kier molecular flexibility index (Phi) is 5.43. The molecule has 132 valence electrons. The van der Waals surface area contributed by atoms with Crippen molar-refractivity contribution in [3.05, 3.63) is 22.5 Å². The van der Waals surface area contributed by atoms with Gasteiger partial charge >= 0.3 is 5.97 Å². The second kappa shape index (κ2) is 7.17. The maximum atomic E-state index is 12.8. The molecule has 0 N–H and O–H groups in total. The Bertz CT molecular complexity index is 673. The third kappa shape index (κ3) is 3.36. The van der Waals surface area contributed by atoms with Crippen molar-refractivity contribution in [1.82, 2.24) is 9.47 Å². The largest absolute Gasteiger partial charge is 0.464 e. The van der Waals surface area contributed by atoms with Gasteiger partial charge in [-0.25, -0.2) is 4.79 Å². The maximum absolute atomic E-state index is 12.8. The van der Waals surface area contributed by atoms with Crippen LogP contribution in [0.1, 0.15) is 44.9 Å². The number of ketones is 1. The molecule has 24 heavy (non-hydrogen) atoms. The number of hydrogen-bond donors (Lipinski definition) is 0. The van der Waals surface area contributed by atoms with Gasteiger partial charge in [-0.3, -0.25) is 9.59 Å². The van der Waals surface area contributed by atoms with Crippen LogP contribution in [-0.2, 0) is 21.3 Å². The summed E-state index contributed by atoms with van der Waals surface area (Å²) in [6.07, 6.45) is 1.81. The first-order valence-corrected chi connectivity index (χ1v) is 7.89. The fourth-order valence-electron chi connectivity index (χ4n) is 3.02. The van der Waals surface area contributed by atoms with Gasteiger partial charge in [0.15, 0.2) is 5.78 Å². The number of ether oxygens (including phenoxy) is 2. The molecular formula is C17H24N2O5. The fourth-order valence-corrected chi connectivity index (χ4v) is 3.02. The lowest BCUT2D eigenvalue weighted by Gasteiger charge is -2.21. The van der Waals surface area contributed by atoms with E-state index >= 15 is 0 Å². The van der Waals surface area contributed by atoms with Gasteiger partial charge in [-0.2, -0.15) is 0 Å². The quantitative estimate of drug-likeness (QED) is 0.553. The van der Waals surface area contributed by atoms with Gasteiger partial charge < -0.3 is 18.9 Å². The zero-order chi connectivity index (χ0) is 18.0. The van der Waals surface area contributed by atoms with Crippen molar-refractivity contribution < 1.29 is 23.9 Å². The lowest BCUT2D eigenvalue weighted by atomic mass is 10.1. The smallest absolute Gasteiger partial charge is 0.354 e. The average Bonchev–Trinajstić information content (AvgIpc) is 3.34. The van der Waals surface area contributed by atoms with Gasteiger partial charge in [0.1, 0.15) is 12.3 Å². The van der Waals surface area contributed by atoms with Crippen molar-refractivity contribution in [2.75, 3.05) is 27.4 Å². The van der Waals surface area contributed by atoms with Crippen molar-refractivity contribution in [2.24, 2.45) is 7.05 Å². The van der Waals surface area contributed by atoms with E-state index in [9.17, 15) is 14.4 Å². The molecule has 1 aliphatic rings. The molecule has 2 rings (SSSR count). The number of Topliss-reactive ketones (excluding diaryl/α,β-unsaturated/α-hetero) is 1. The monoisotopic (exact) mass is 336 g/mol. The number of rotatable bonds is 7. The standard InChI is InChI=1S/C17H24N2O5/c1-10-15(11(2)18(3)16(10)17(22)24-5)13(20)8-19(12-6-7-12)14(21)9-23-4/h12H,6-9H2,1-5H3. The summed E-state index contributed by atoms with van der Waals surface area (Å²) in [5.74, 6) is -0.841. The first-order chi connectivity index (χ1) is 11.3. The van der Waals surface area contributed by atoms with Crippen molar-refractivity contribution in [2.45, 2.75) is 32.7 Å². The van der Waals surface area contributed by atoms with Crippen LogP contribution in [-0.4, -0.2) is 60.5 Å². The highest BCUT2D eigenvalue weighted by Gasteiger charge is 2.35. The van der Waals surface area contributed by atoms with Crippen LogP contribution in [0.25, 0.3) is 0 Å². The molecule has 0 unspecified atom stereocenters. The van der Waals surface area contributed by atoms with E-state index in [-0.39, 0.29) is 30.9 Å². The first-order valence-electron chi connectivity index (χ1n) is 7.89. The summed E-state index contributed by atoms with van der Waals surface area (Å²) in [6.45, 7) is 3.47. The number of carbonyl (C=O) groups is 3. The number of nitrogens with zero attached hydrogens (tertiary/aromatic N) is 2. The number of esters is 1. The van der Waals surface area contributed by atoms with Gasteiger partial charge in [0.2, 0.25) is 5.91 Å². The Morgan fingerprint density at radius 3 is 2.33 bits per heavy atom. The van der Waals surface area contributed by atoms with Crippen LogP contribution in [0.2, 0.25) is 0 Å². The second-order valence-electron chi connectivity index (χ2n) is 6.09. The Morgan fingerprint density at radius 1 is 1.21 bits per heavy atom. The van der Waals surface area contributed by atoms with Crippen LogP contribution in [0.5, 0.6) is 0 Å². The molecule has 0 aliphatic heterocycles. The van der Waals surface area contributed by atoms with Gasteiger partial charge in [-0.05, 0) is 32.3 Å². The van der Waals surface area contributed by atoms with Crippen molar-refractivity contribution in [1.29, 1.82) is 0 Å². The number of hydrogen-bond acceptors (Lipinski definition) is 5. The second-order valence-corrected chi connectivity index (χ2v) is 6.09. The molecule has 1 fully saturated rings. The van der Waals surface area contributed by atoms with Gasteiger partial charge in [0.25, 0.3) is 0 Å². The Morgan fingerprint density at radius 2 is 1.83 bits per heavy atom. The first kappa shape index (κ1) is 18.2. The minimum atomic E-state index is -0.480. The summed E-state index contributed by atoms with van der Waals surface area (Å²) in [5.41, 5.74) is 2.11. The third-order valence-electron chi connectivity index (χ3n) is 4.48. The summed E-state index contributed by atoms with van der Waals surface area (Å²) in [4.78, 5) is 38.5. The molecule has 1 amide bonds. The number of methoxy groups -OCH3 is 2. The summed E-state index contributed by atoms with van der Waals surface area (Å²) < 4.78 is 11.4. The Labute approximate surface area is 141 Å². The van der Waals surface area contributed by atoms with E-state index in [4.69, 9.17) is 9.47 Å². The zero-order valence-corrected chi connectivity index (χ0v) is 14.8. The third-order valence-corrected chi connectivity index (χ3v) is 4.48. The average molecular weight is 336 g/mol. The molecule has 0 bridgehead atoms. The Balaban J connectivity index is 2.29. The van der Waals surface area contributed by atoms with E-state index in [0.717, 1.165) is 12.8 Å². The molecule has 1 aromatic heterocycles. The predicted molar refractivity (Wildman–Crippen MR) is 87.2 cm³/mol. The van der Waals surface area contributed by atoms with Crippen molar-refractivity contribution >= 4 is 17.7 Å². The predicted octanol–water partition coefficient (Wildman–Crippen LogP) is 1.25. The van der Waals surface area contributed by atoms with Crippen LogP contribution in [0.4, 0.5) is 0 Å². The molecule has 0 radical (unpaired) electrons. The van der Waals surface area contributed by atoms with Crippen LogP contribution >= 0.6 is 0 Å². The molecule has 0 aromatic carbocycles. The molecule has 7 nitrogen and oxygen atoms in total. The highest BCUT2D eigenvalue weighted by Crippen LogP contribution is 2.28. The fraction of sp³-hybridized carbons (Fsp3) is 0.588. The molecule has 0 saturated heterocycles. The molecule has 1 aliphatic carbocycles. The minimum Gasteiger partial charge on any atom is -0.464 e. The molecule has 0 atom stereocenters. The van der Waals surface area contributed by atoms with E-state index in [1.165, 1.54) is 14.2 Å². The molecule has 7 heteroatoms. The van der Waals surface area contributed by atoms with Crippen molar-refractivity contribution in [3.8, 4) is 0 Å². The van der Waals surface area contributed by atoms with Crippen LogP contribution in [0.15, 0.2) is 0 Å². The van der Waals surface area contributed by atoms with Gasteiger partial charge in [-0.15, -0.1) is 0 Å². The lowest BCUT2D eigenvalue weighted by Crippen LogP contribution is -2.39. The molecule has 0 spiro atoms. The zero-order valence-electron chi connectivity index (χ0n) is 14.8. The van der Waals surface area contributed by atoms with Crippen LogP contribution in [0, 0.1) is 13.8 Å². The molecule has 1 saturated carbocycles. The maximum Gasteiger partial charge on any atom is 0.354 e. The van der Waals surface area contributed by atoms with Crippen LogP contribution in [0.3, 0.4) is 0 Å². The molecule has 1 aromatic rings. The summed E-state index contributed by atoms with van der Waals surface area (Å²) >= 11 is 0. The topological polar surface area (TPSA) is 77.8 Å². The Hall–Kier alpha value is -2.15. The van der Waals surface area contributed by atoms with E-state index in [0.29, 0.717) is 22.5 Å². The van der Waals surface area contributed by atoms with Gasteiger partial charge in [0.05, 0.1) is 13.7 Å². The van der Waals surface area contributed by atoms with E-state index in [1.54, 1.807) is 30.4 Å². The summed E-state index contributed by atoms with van der Waals surface area (Å²) in [5, 5.41) is 0. The van der Waals surface area contributed by atoms with Crippen molar-refractivity contribution in [3.63, 3.8) is 0 Å². The van der Waals surface area contributed by atoms with Gasteiger partial charge in [0, 0.05) is 31.5 Å². The van der Waals surface area contributed by atoms with E-state index in [2.05, 4.69) is 0 Å². The summed E-state index contributed by atoms with van der Waals surface area (Å²) in [7, 11) is 4.49. The van der Waals surface area contributed by atoms with E-state index in [1.807, 2.05) is 0 Å². The number of carbonyl (C=O) groups excluding carboxylic acids is 3. The number of amides is 1. The van der Waals surface area contributed by atoms with Crippen LogP contribution < -0.4 is 0 Å².